The number of rotatable bonds is 5. The summed E-state index contributed by atoms with van der Waals surface area (Å²) in [6.45, 7) is 1.75. The lowest BCUT2D eigenvalue weighted by atomic mass is 9.78. The third kappa shape index (κ3) is 3.78. The topological polar surface area (TPSA) is 101 Å². The molecule has 164 valence electrons. The van der Waals surface area contributed by atoms with E-state index in [9.17, 15) is 24.5 Å². The van der Waals surface area contributed by atoms with Crippen LogP contribution in [0.5, 0.6) is 0 Å². The van der Waals surface area contributed by atoms with Crippen LogP contribution in [0.15, 0.2) is 60.7 Å². The number of benzene rings is 2. The van der Waals surface area contributed by atoms with Gasteiger partial charge in [0.15, 0.2) is 0 Å². The van der Waals surface area contributed by atoms with Crippen molar-refractivity contribution in [2.75, 3.05) is 0 Å². The molecule has 0 N–H and O–H groups in total. The zero-order valence-electron chi connectivity index (χ0n) is 17.2. The predicted octanol–water partition coefficient (Wildman–Crippen LogP) is 4.00. The van der Waals surface area contributed by atoms with E-state index in [1.54, 1.807) is 18.2 Å². The Labute approximate surface area is 189 Å². The molecule has 2 aliphatic rings. The van der Waals surface area contributed by atoms with Crippen LogP contribution in [0.4, 0.5) is 5.69 Å². The smallest absolute Gasteiger partial charge is 0.272 e. The van der Waals surface area contributed by atoms with Crippen LogP contribution in [0.25, 0.3) is 0 Å². The minimum absolute atomic E-state index is 0.100. The standard InChI is InChI=1S/C23H20ClN3O5/c1-14-5-4-7-18-20(14)23(30)26(22(18)29)25(21(28)17-6-2-3-8-19(17)24)13-15-9-11-16(12-10-15)27(31)32/h2-6,8-12,14,18,20H,7,13H2,1H3/t14-,18-,20+/m1/s1. The van der Waals surface area contributed by atoms with Crippen molar-refractivity contribution >= 4 is 35.0 Å². The van der Waals surface area contributed by atoms with Crippen LogP contribution in [0, 0.1) is 27.9 Å². The van der Waals surface area contributed by atoms with E-state index >= 15 is 0 Å². The first-order valence-electron chi connectivity index (χ1n) is 10.1. The maximum atomic E-state index is 13.5. The molecule has 1 aliphatic carbocycles. The van der Waals surface area contributed by atoms with Crippen molar-refractivity contribution in [3.05, 3.63) is 86.9 Å². The number of non-ortho nitro benzene ring substituents is 1. The van der Waals surface area contributed by atoms with E-state index < -0.39 is 34.5 Å². The summed E-state index contributed by atoms with van der Waals surface area (Å²) in [6.07, 6.45) is 4.23. The number of carbonyl (C=O) groups excluding carboxylic acids is 3. The summed E-state index contributed by atoms with van der Waals surface area (Å²) >= 11 is 6.23. The summed E-state index contributed by atoms with van der Waals surface area (Å²) in [5.74, 6) is -2.66. The molecule has 9 heteroatoms. The Balaban J connectivity index is 1.73. The van der Waals surface area contributed by atoms with Crippen molar-refractivity contribution in [3.63, 3.8) is 0 Å². The summed E-state index contributed by atoms with van der Waals surface area (Å²) in [7, 11) is 0. The highest BCUT2D eigenvalue weighted by Crippen LogP contribution is 2.39. The third-order valence-electron chi connectivity index (χ3n) is 5.91. The van der Waals surface area contributed by atoms with E-state index in [0.29, 0.717) is 12.0 Å². The van der Waals surface area contributed by atoms with Gasteiger partial charge >= 0.3 is 0 Å². The molecule has 0 unspecified atom stereocenters. The Kier molecular flexibility index (Phi) is 5.80. The molecule has 0 saturated carbocycles. The van der Waals surface area contributed by atoms with Gasteiger partial charge in [-0.25, -0.2) is 5.01 Å². The van der Waals surface area contributed by atoms with Crippen molar-refractivity contribution in [1.29, 1.82) is 0 Å². The Morgan fingerprint density at radius 2 is 1.84 bits per heavy atom. The van der Waals surface area contributed by atoms with E-state index in [-0.39, 0.29) is 28.7 Å². The number of nitro groups is 1. The molecule has 8 nitrogen and oxygen atoms in total. The van der Waals surface area contributed by atoms with Gasteiger partial charge in [-0.15, -0.1) is 0 Å². The molecule has 2 aromatic carbocycles. The number of allylic oxidation sites excluding steroid dienone is 2. The van der Waals surface area contributed by atoms with Gasteiger partial charge in [-0.3, -0.25) is 24.5 Å². The second-order valence-corrected chi connectivity index (χ2v) is 8.32. The SMILES string of the molecule is C[C@@H]1C=CC[C@H]2C(=O)N(N(Cc3ccc([N+](=O)[O-])cc3)C(=O)c3ccccc3Cl)C(=O)[C@@H]12. The highest BCUT2D eigenvalue weighted by atomic mass is 35.5. The minimum Gasteiger partial charge on any atom is -0.272 e. The van der Waals surface area contributed by atoms with Crippen LogP contribution < -0.4 is 0 Å². The average Bonchev–Trinajstić information content (AvgIpc) is 3.03. The molecule has 0 spiro atoms. The number of hydrazine groups is 1. The second-order valence-electron chi connectivity index (χ2n) is 7.91. The zero-order valence-corrected chi connectivity index (χ0v) is 17.9. The van der Waals surface area contributed by atoms with Crippen LogP contribution in [0.1, 0.15) is 29.3 Å². The molecule has 3 atom stereocenters. The van der Waals surface area contributed by atoms with E-state index in [1.807, 2.05) is 19.1 Å². The molecular formula is C23H20ClN3O5. The number of amides is 3. The number of hydrogen-bond donors (Lipinski definition) is 0. The lowest BCUT2D eigenvalue weighted by Crippen LogP contribution is -2.50. The van der Waals surface area contributed by atoms with Gasteiger partial charge in [0.05, 0.1) is 33.9 Å². The fourth-order valence-electron chi connectivity index (χ4n) is 4.27. The summed E-state index contributed by atoms with van der Waals surface area (Å²) in [5.41, 5.74) is 0.576. The number of carbonyl (C=O) groups is 3. The molecule has 0 aromatic heterocycles. The largest absolute Gasteiger partial charge is 0.274 e. The van der Waals surface area contributed by atoms with Crippen LogP contribution in [0.2, 0.25) is 5.02 Å². The maximum absolute atomic E-state index is 13.5. The highest BCUT2D eigenvalue weighted by Gasteiger charge is 2.53. The lowest BCUT2D eigenvalue weighted by Gasteiger charge is -2.31. The second kappa shape index (κ2) is 8.55. The van der Waals surface area contributed by atoms with Gasteiger partial charge in [0.1, 0.15) is 0 Å². The summed E-state index contributed by atoms with van der Waals surface area (Å²) in [5, 5.41) is 13.2. The van der Waals surface area contributed by atoms with Crippen LogP contribution >= 0.6 is 11.6 Å². The van der Waals surface area contributed by atoms with Crippen LogP contribution in [-0.2, 0) is 16.1 Å². The number of nitrogens with zero attached hydrogens (tertiary/aromatic N) is 3. The van der Waals surface area contributed by atoms with Crippen molar-refractivity contribution < 1.29 is 19.3 Å². The predicted molar refractivity (Wildman–Crippen MR) is 116 cm³/mol. The molecule has 4 rings (SSSR count). The maximum Gasteiger partial charge on any atom is 0.274 e. The lowest BCUT2D eigenvalue weighted by molar-refractivity contribution is -0.384. The zero-order chi connectivity index (χ0) is 23.0. The molecule has 1 fully saturated rings. The monoisotopic (exact) mass is 453 g/mol. The molecule has 32 heavy (non-hydrogen) atoms. The van der Waals surface area contributed by atoms with Gasteiger partial charge in [0.25, 0.3) is 23.4 Å². The summed E-state index contributed by atoms with van der Waals surface area (Å²) in [4.78, 5) is 50.5. The molecule has 1 saturated heterocycles. The Morgan fingerprint density at radius 3 is 2.47 bits per heavy atom. The quantitative estimate of drug-likeness (QED) is 0.295. The van der Waals surface area contributed by atoms with Crippen molar-refractivity contribution in [2.45, 2.75) is 19.9 Å². The van der Waals surface area contributed by atoms with Crippen LogP contribution in [-0.4, -0.2) is 32.7 Å². The number of fused-ring (bicyclic) bond motifs is 1. The molecular weight excluding hydrogens is 434 g/mol. The van der Waals surface area contributed by atoms with E-state index in [1.165, 1.54) is 30.3 Å². The van der Waals surface area contributed by atoms with Gasteiger partial charge < -0.3 is 0 Å². The minimum atomic E-state index is -0.602. The van der Waals surface area contributed by atoms with Crippen molar-refractivity contribution in [2.24, 2.45) is 17.8 Å². The summed E-state index contributed by atoms with van der Waals surface area (Å²) in [6, 6.07) is 12.0. The van der Waals surface area contributed by atoms with Gasteiger partial charge in [-0.05, 0) is 30.0 Å². The molecule has 3 amide bonds. The third-order valence-corrected chi connectivity index (χ3v) is 6.24. The molecule has 1 aliphatic heterocycles. The Bertz CT molecular complexity index is 1130. The molecule has 0 bridgehead atoms. The molecule has 1 heterocycles. The Morgan fingerprint density at radius 1 is 1.16 bits per heavy atom. The number of imide groups is 1. The number of nitro benzene ring substituents is 1. The first-order chi connectivity index (χ1) is 15.3. The number of halogens is 1. The van der Waals surface area contributed by atoms with E-state index in [0.717, 1.165) is 10.0 Å². The van der Waals surface area contributed by atoms with Crippen LogP contribution in [0.3, 0.4) is 0 Å². The van der Waals surface area contributed by atoms with Gasteiger partial charge in [0, 0.05) is 12.1 Å². The van der Waals surface area contributed by atoms with Crippen molar-refractivity contribution in [3.8, 4) is 0 Å². The average molecular weight is 454 g/mol. The number of hydrogen-bond acceptors (Lipinski definition) is 5. The molecule has 2 aromatic rings. The van der Waals surface area contributed by atoms with Crippen molar-refractivity contribution in [1.82, 2.24) is 10.0 Å². The first kappa shape index (κ1) is 21.7. The van der Waals surface area contributed by atoms with E-state index in [2.05, 4.69) is 0 Å². The fourth-order valence-corrected chi connectivity index (χ4v) is 4.49. The summed E-state index contributed by atoms with van der Waals surface area (Å²) < 4.78 is 0. The van der Waals surface area contributed by atoms with Gasteiger partial charge in [0.2, 0.25) is 0 Å². The van der Waals surface area contributed by atoms with Gasteiger partial charge in [-0.2, -0.15) is 5.01 Å². The first-order valence-corrected chi connectivity index (χ1v) is 10.5. The Hall–Kier alpha value is -3.52. The van der Waals surface area contributed by atoms with E-state index in [4.69, 9.17) is 11.6 Å². The normalized spacial score (nSPS) is 22.1. The fraction of sp³-hybridized carbons (Fsp3) is 0.261. The molecule has 0 radical (unpaired) electrons. The van der Waals surface area contributed by atoms with Gasteiger partial charge in [-0.1, -0.05) is 54.9 Å². The highest BCUT2D eigenvalue weighted by molar-refractivity contribution is 6.33.